The Kier molecular flexibility index (Phi) is 3.61. The fourth-order valence-electron chi connectivity index (χ4n) is 2.30. The van der Waals surface area contributed by atoms with Crippen LogP contribution in [-0.4, -0.2) is 9.78 Å². The molecule has 0 amide bonds. The first-order chi connectivity index (χ1) is 9.86. The SMILES string of the molecule is NCc1ccn(-c2ccccc2Cc2ccccc2)n1. The van der Waals surface area contributed by atoms with E-state index in [-0.39, 0.29) is 0 Å². The highest BCUT2D eigenvalue weighted by Crippen LogP contribution is 2.18. The number of rotatable bonds is 4. The van der Waals surface area contributed by atoms with Gasteiger partial charge in [-0.05, 0) is 29.7 Å². The third-order valence-electron chi connectivity index (χ3n) is 3.33. The van der Waals surface area contributed by atoms with Crippen molar-refractivity contribution < 1.29 is 0 Å². The standard InChI is InChI=1S/C17H17N3/c18-13-16-10-11-20(19-16)17-9-5-4-8-15(17)12-14-6-2-1-3-7-14/h1-11H,12-13,18H2. The average molecular weight is 263 g/mol. The first kappa shape index (κ1) is 12.6. The monoisotopic (exact) mass is 263 g/mol. The summed E-state index contributed by atoms with van der Waals surface area (Å²) in [4.78, 5) is 0. The van der Waals surface area contributed by atoms with Crippen molar-refractivity contribution in [2.45, 2.75) is 13.0 Å². The van der Waals surface area contributed by atoms with Gasteiger partial charge in [0.25, 0.3) is 0 Å². The number of hydrogen-bond donors (Lipinski definition) is 1. The Morgan fingerprint density at radius 1 is 0.900 bits per heavy atom. The van der Waals surface area contributed by atoms with Crippen LogP contribution >= 0.6 is 0 Å². The summed E-state index contributed by atoms with van der Waals surface area (Å²) in [6, 6.07) is 20.8. The molecular weight excluding hydrogens is 246 g/mol. The van der Waals surface area contributed by atoms with Crippen LogP contribution in [0.25, 0.3) is 5.69 Å². The fraction of sp³-hybridized carbons (Fsp3) is 0.118. The topological polar surface area (TPSA) is 43.8 Å². The third kappa shape index (κ3) is 2.63. The minimum Gasteiger partial charge on any atom is -0.325 e. The maximum Gasteiger partial charge on any atom is 0.0764 e. The van der Waals surface area contributed by atoms with Crippen LogP contribution in [0.3, 0.4) is 0 Å². The molecule has 3 rings (SSSR count). The van der Waals surface area contributed by atoms with Crippen LogP contribution in [0.5, 0.6) is 0 Å². The lowest BCUT2D eigenvalue weighted by atomic mass is 10.0. The lowest BCUT2D eigenvalue weighted by Crippen LogP contribution is -2.03. The van der Waals surface area contributed by atoms with Gasteiger partial charge in [-0.15, -0.1) is 0 Å². The van der Waals surface area contributed by atoms with Crippen molar-refractivity contribution in [1.82, 2.24) is 9.78 Å². The quantitative estimate of drug-likeness (QED) is 0.786. The van der Waals surface area contributed by atoms with E-state index < -0.39 is 0 Å². The van der Waals surface area contributed by atoms with Crippen LogP contribution in [0, 0.1) is 0 Å². The molecule has 0 saturated carbocycles. The summed E-state index contributed by atoms with van der Waals surface area (Å²) in [5, 5.41) is 4.49. The summed E-state index contributed by atoms with van der Waals surface area (Å²) in [5.41, 5.74) is 10.2. The second-order valence-electron chi connectivity index (χ2n) is 4.75. The number of aromatic nitrogens is 2. The van der Waals surface area contributed by atoms with Gasteiger partial charge in [0.15, 0.2) is 0 Å². The number of nitrogens with zero attached hydrogens (tertiary/aromatic N) is 2. The Balaban J connectivity index is 1.96. The van der Waals surface area contributed by atoms with Gasteiger partial charge in [-0.1, -0.05) is 48.5 Å². The number of benzene rings is 2. The van der Waals surface area contributed by atoms with Crippen molar-refractivity contribution in [2.75, 3.05) is 0 Å². The zero-order valence-electron chi connectivity index (χ0n) is 11.2. The summed E-state index contributed by atoms with van der Waals surface area (Å²) in [6.45, 7) is 0.466. The Hall–Kier alpha value is -2.39. The van der Waals surface area contributed by atoms with Crippen LogP contribution in [0.2, 0.25) is 0 Å². The number of nitrogens with two attached hydrogens (primary N) is 1. The Bertz CT molecular complexity index is 686. The summed E-state index contributed by atoms with van der Waals surface area (Å²) in [6.07, 6.45) is 2.86. The van der Waals surface area contributed by atoms with Crippen molar-refractivity contribution in [1.29, 1.82) is 0 Å². The van der Waals surface area contributed by atoms with Crippen molar-refractivity contribution in [3.05, 3.63) is 83.7 Å². The average Bonchev–Trinajstić information content (AvgIpc) is 2.98. The van der Waals surface area contributed by atoms with Crippen LogP contribution in [0.15, 0.2) is 66.9 Å². The van der Waals surface area contributed by atoms with Gasteiger partial charge in [-0.3, -0.25) is 0 Å². The zero-order chi connectivity index (χ0) is 13.8. The lowest BCUT2D eigenvalue weighted by Gasteiger charge is -2.09. The third-order valence-corrected chi connectivity index (χ3v) is 3.33. The van der Waals surface area contributed by atoms with E-state index >= 15 is 0 Å². The molecule has 0 unspecified atom stereocenters. The molecule has 100 valence electrons. The summed E-state index contributed by atoms with van der Waals surface area (Å²) >= 11 is 0. The van der Waals surface area contributed by atoms with Gasteiger partial charge in [0.05, 0.1) is 11.4 Å². The van der Waals surface area contributed by atoms with Gasteiger partial charge >= 0.3 is 0 Å². The van der Waals surface area contributed by atoms with Gasteiger partial charge in [-0.2, -0.15) is 5.10 Å². The minimum atomic E-state index is 0.466. The molecule has 1 heterocycles. The molecule has 2 N–H and O–H groups in total. The van der Waals surface area contributed by atoms with Crippen LogP contribution in [0.1, 0.15) is 16.8 Å². The second-order valence-corrected chi connectivity index (χ2v) is 4.75. The molecule has 0 spiro atoms. The smallest absolute Gasteiger partial charge is 0.0764 e. The highest BCUT2D eigenvalue weighted by atomic mass is 15.3. The van der Waals surface area contributed by atoms with Crippen molar-refractivity contribution in [3.8, 4) is 5.69 Å². The molecule has 0 fully saturated rings. The van der Waals surface area contributed by atoms with Crippen LogP contribution < -0.4 is 5.73 Å². The van der Waals surface area contributed by atoms with Gasteiger partial charge < -0.3 is 5.73 Å². The predicted octanol–water partition coefficient (Wildman–Crippen LogP) is 2.92. The molecular formula is C17H17N3. The molecule has 2 aromatic carbocycles. The van der Waals surface area contributed by atoms with E-state index in [1.54, 1.807) is 0 Å². The van der Waals surface area contributed by atoms with Crippen molar-refractivity contribution in [2.24, 2.45) is 5.73 Å². The second kappa shape index (κ2) is 5.72. The highest BCUT2D eigenvalue weighted by Gasteiger charge is 2.06. The summed E-state index contributed by atoms with van der Waals surface area (Å²) in [5.74, 6) is 0. The van der Waals surface area contributed by atoms with E-state index in [9.17, 15) is 0 Å². The maximum atomic E-state index is 5.63. The van der Waals surface area contributed by atoms with E-state index in [2.05, 4.69) is 47.6 Å². The zero-order valence-corrected chi connectivity index (χ0v) is 11.2. The van der Waals surface area contributed by atoms with Crippen molar-refractivity contribution in [3.63, 3.8) is 0 Å². The fourth-order valence-corrected chi connectivity index (χ4v) is 2.30. The first-order valence-electron chi connectivity index (χ1n) is 6.73. The predicted molar refractivity (Wildman–Crippen MR) is 80.7 cm³/mol. The van der Waals surface area contributed by atoms with Gasteiger partial charge in [0.2, 0.25) is 0 Å². The number of para-hydroxylation sites is 1. The van der Waals surface area contributed by atoms with Crippen molar-refractivity contribution >= 4 is 0 Å². The molecule has 0 aliphatic carbocycles. The first-order valence-corrected chi connectivity index (χ1v) is 6.73. The minimum absolute atomic E-state index is 0.466. The molecule has 1 aromatic heterocycles. The molecule has 3 nitrogen and oxygen atoms in total. The van der Waals surface area contributed by atoms with Crippen LogP contribution in [-0.2, 0) is 13.0 Å². The highest BCUT2D eigenvalue weighted by molar-refractivity contribution is 5.43. The molecule has 3 aromatic rings. The molecule has 0 radical (unpaired) electrons. The van der Waals surface area contributed by atoms with Crippen LogP contribution in [0.4, 0.5) is 0 Å². The van der Waals surface area contributed by atoms with E-state index in [0.29, 0.717) is 6.54 Å². The molecule has 20 heavy (non-hydrogen) atoms. The summed E-state index contributed by atoms with van der Waals surface area (Å²) < 4.78 is 1.90. The van der Waals surface area contributed by atoms with Gasteiger partial charge in [0, 0.05) is 12.7 Å². The summed E-state index contributed by atoms with van der Waals surface area (Å²) in [7, 11) is 0. The molecule has 0 bridgehead atoms. The van der Waals surface area contributed by atoms with E-state index in [1.165, 1.54) is 11.1 Å². The molecule has 0 atom stereocenters. The number of hydrogen-bond acceptors (Lipinski definition) is 2. The molecule has 0 aliphatic heterocycles. The molecule has 3 heteroatoms. The van der Waals surface area contributed by atoms with E-state index in [4.69, 9.17) is 5.73 Å². The molecule has 0 aliphatic rings. The largest absolute Gasteiger partial charge is 0.325 e. The normalized spacial score (nSPS) is 10.7. The van der Waals surface area contributed by atoms with E-state index in [0.717, 1.165) is 17.8 Å². The Morgan fingerprint density at radius 2 is 1.65 bits per heavy atom. The lowest BCUT2D eigenvalue weighted by molar-refractivity contribution is 0.824. The van der Waals surface area contributed by atoms with E-state index in [1.807, 2.05) is 29.1 Å². The Morgan fingerprint density at radius 3 is 2.40 bits per heavy atom. The van der Waals surface area contributed by atoms with Gasteiger partial charge in [0.1, 0.15) is 0 Å². The van der Waals surface area contributed by atoms with Gasteiger partial charge in [-0.25, -0.2) is 4.68 Å². The molecule has 0 saturated heterocycles. The maximum absolute atomic E-state index is 5.63. The Labute approximate surface area is 118 Å².